The maximum Gasteiger partial charge on any atom is 0.165 e. The van der Waals surface area contributed by atoms with Gasteiger partial charge in [-0.05, 0) is 23.6 Å². The van der Waals surface area contributed by atoms with Crippen LogP contribution in [-0.4, -0.2) is 24.6 Å². The van der Waals surface area contributed by atoms with Gasteiger partial charge in [0, 0.05) is 19.1 Å². The lowest BCUT2D eigenvalue weighted by atomic mass is 10.0. The summed E-state index contributed by atoms with van der Waals surface area (Å²) < 4.78 is 18.5. The van der Waals surface area contributed by atoms with Gasteiger partial charge in [-0.1, -0.05) is 32.1 Å². The van der Waals surface area contributed by atoms with Crippen molar-refractivity contribution in [3.05, 3.63) is 41.7 Å². The van der Waals surface area contributed by atoms with Crippen LogP contribution < -0.4 is 4.74 Å². The Kier molecular flexibility index (Phi) is 4.02. The molecule has 1 aromatic carbocycles. The van der Waals surface area contributed by atoms with Gasteiger partial charge in [-0.2, -0.15) is 0 Å². The summed E-state index contributed by atoms with van der Waals surface area (Å²) in [5.41, 5.74) is 0.989. The van der Waals surface area contributed by atoms with Crippen molar-refractivity contribution < 1.29 is 9.13 Å². The lowest BCUT2D eigenvalue weighted by Crippen LogP contribution is -2.33. The Balaban J connectivity index is 2.08. The van der Waals surface area contributed by atoms with Crippen LogP contribution in [-0.2, 0) is 6.54 Å². The van der Waals surface area contributed by atoms with Gasteiger partial charge in [-0.3, -0.25) is 4.90 Å². The number of hydrogen-bond donors (Lipinski definition) is 0. The smallest absolute Gasteiger partial charge is 0.165 e. The first-order valence-electron chi connectivity index (χ1n) is 6.35. The lowest BCUT2D eigenvalue weighted by molar-refractivity contribution is 0.218. The summed E-state index contributed by atoms with van der Waals surface area (Å²) in [5, 5.41) is 0. The largest absolute Gasteiger partial charge is 0.494 e. The van der Waals surface area contributed by atoms with Crippen molar-refractivity contribution >= 4 is 0 Å². The Labute approximate surface area is 108 Å². The topological polar surface area (TPSA) is 12.5 Å². The zero-order valence-electron chi connectivity index (χ0n) is 11.2. The van der Waals surface area contributed by atoms with E-state index in [1.54, 1.807) is 12.1 Å². The highest BCUT2D eigenvalue weighted by atomic mass is 19.1. The molecule has 1 heterocycles. The number of benzene rings is 1. The molecule has 0 fully saturated rings. The van der Waals surface area contributed by atoms with Crippen molar-refractivity contribution in [3.8, 4) is 5.75 Å². The molecule has 2 rings (SSSR count). The number of ether oxygens (including phenoxy) is 1. The van der Waals surface area contributed by atoms with E-state index in [2.05, 4.69) is 30.9 Å². The zero-order chi connectivity index (χ0) is 13.1. The van der Waals surface area contributed by atoms with Crippen LogP contribution in [0.4, 0.5) is 4.39 Å². The third kappa shape index (κ3) is 2.72. The highest BCUT2D eigenvalue weighted by Crippen LogP contribution is 2.23. The summed E-state index contributed by atoms with van der Waals surface area (Å²) in [5.74, 6) is 0.591. The lowest BCUT2D eigenvalue weighted by Gasteiger charge is -2.27. The van der Waals surface area contributed by atoms with Crippen LogP contribution in [0, 0.1) is 11.7 Å². The number of nitrogens with zero attached hydrogens (tertiary/aromatic N) is 1. The third-order valence-corrected chi connectivity index (χ3v) is 3.38. The van der Waals surface area contributed by atoms with E-state index in [9.17, 15) is 4.39 Å². The summed E-state index contributed by atoms with van der Waals surface area (Å²) in [4.78, 5) is 2.35. The fourth-order valence-electron chi connectivity index (χ4n) is 2.44. The summed E-state index contributed by atoms with van der Waals surface area (Å²) >= 11 is 0. The highest BCUT2D eigenvalue weighted by molar-refractivity contribution is 5.29. The van der Waals surface area contributed by atoms with Crippen LogP contribution in [0.25, 0.3) is 0 Å². The minimum absolute atomic E-state index is 0.289. The second-order valence-electron chi connectivity index (χ2n) is 5.06. The first-order chi connectivity index (χ1) is 8.61. The molecule has 18 heavy (non-hydrogen) atoms. The standard InChI is InChI=1S/C15H20FNO/c1-11(2)14-5-4-8-17(14)10-12-6-7-15(18-3)13(16)9-12/h4-7,9,11,14H,8,10H2,1-3H3/t14-/m1/s1. The molecule has 0 unspecified atom stereocenters. The molecule has 0 amide bonds. The highest BCUT2D eigenvalue weighted by Gasteiger charge is 2.22. The van der Waals surface area contributed by atoms with E-state index < -0.39 is 0 Å². The Morgan fingerprint density at radius 2 is 2.22 bits per heavy atom. The average Bonchev–Trinajstić information content (AvgIpc) is 2.77. The SMILES string of the molecule is COc1ccc(CN2CC=C[C@@H]2C(C)C)cc1F. The van der Waals surface area contributed by atoms with Crippen LogP contribution in [0.5, 0.6) is 5.75 Å². The van der Waals surface area contributed by atoms with Gasteiger partial charge in [0.2, 0.25) is 0 Å². The molecule has 0 aliphatic carbocycles. The average molecular weight is 249 g/mol. The van der Waals surface area contributed by atoms with Crippen LogP contribution in [0.15, 0.2) is 30.4 Å². The fourth-order valence-corrected chi connectivity index (χ4v) is 2.44. The molecule has 0 radical (unpaired) electrons. The van der Waals surface area contributed by atoms with Crippen molar-refractivity contribution in [1.82, 2.24) is 4.90 Å². The molecule has 1 atom stereocenters. The van der Waals surface area contributed by atoms with E-state index in [4.69, 9.17) is 4.74 Å². The fraction of sp³-hybridized carbons (Fsp3) is 0.467. The summed E-state index contributed by atoms with van der Waals surface area (Å²) in [6.07, 6.45) is 4.43. The molecule has 1 aliphatic heterocycles. The second-order valence-corrected chi connectivity index (χ2v) is 5.06. The monoisotopic (exact) mass is 249 g/mol. The van der Waals surface area contributed by atoms with Crippen LogP contribution in [0.1, 0.15) is 19.4 Å². The number of methoxy groups -OCH3 is 1. The molecule has 0 N–H and O–H groups in total. The molecule has 2 nitrogen and oxygen atoms in total. The number of rotatable bonds is 4. The number of hydrogen-bond acceptors (Lipinski definition) is 2. The predicted molar refractivity (Wildman–Crippen MR) is 71.1 cm³/mol. The van der Waals surface area contributed by atoms with E-state index in [1.807, 2.05) is 6.07 Å². The Bertz CT molecular complexity index is 442. The van der Waals surface area contributed by atoms with Gasteiger partial charge >= 0.3 is 0 Å². The maximum atomic E-state index is 13.6. The molecule has 0 saturated carbocycles. The van der Waals surface area contributed by atoms with Gasteiger partial charge in [-0.25, -0.2) is 4.39 Å². The van der Waals surface area contributed by atoms with E-state index >= 15 is 0 Å². The Morgan fingerprint density at radius 3 is 2.83 bits per heavy atom. The first kappa shape index (κ1) is 13.1. The zero-order valence-corrected chi connectivity index (χ0v) is 11.2. The van der Waals surface area contributed by atoms with Crippen molar-refractivity contribution in [1.29, 1.82) is 0 Å². The van der Waals surface area contributed by atoms with Gasteiger partial charge in [0.05, 0.1) is 7.11 Å². The minimum atomic E-state index is -0.289. The van der Waals surface area contributed by atoms with Crippen molar-refractivity contribution in [3.63, 3.8) is 0 Å². The third-order valence-electron chi connectivity index (χ3n) is 3.38. The molecular formula is C15H20FNO. The summed E-state index contributed by atoms with van der Waals surface area (Å²) in [6, 6.07) is 5.64. The minimum Gasteiger partial charge on any atom is -0.494 e. The number of halogens is 1. The molecule has 98 valence electrons. The maximum absolute atomic E-state index is 13.6. The molecule has 3 heteroatoms. The molecule has 0 aromatic heterocycles. The van der Waals surface area contributed by atoms with Crippen molar-refractivity contribution in [2.75, 3.05) is 13.7 Å². The van der Waals surface area contributed by atoms with Crippen molar-refractivity contribution in [2.24, 2.45) is 5.92 Å². The van der Waals surface area contributed by atoms with Crippen LogP contribution >= 0.6 is 0 Å². The van der Waals surface area contributed by atoms with Gasteiger partial charge < -0.3 is 4.74 Å². The van der Waals surface area contributed by atoms with E-state index in [0.717, 1.165) is 18.7 Å². The van der Waals surface area contributed by atoms with Crippen molar-refractivity contribution in [2.45, 2.75) is 26.4 Å². The second kappa shape index (κ2) is 5.53. The van der Waals surface area contributed by atoms with Crippen LogP contribution in [0.2, 0.25) is 0 Å². The summed E-state index contributed by atoms with van der Waals surface area (Å²) in [7, 11) is 1.48. The van der Waals surface area contributed by atoms with Gasteiger partial charge in [-0.15, -0.1) is 0 Å². The van der Waals surface area contributed by atoms with Gasteiger partial charge in [0.25, 0.3) is 0 Å². The van der Waals surface area contributed by atoms with Gasteiger partial charge in [0.15, 0.2) is 11.6 Å². The Morgan fingerprint density at radius 1 is 1.44 bits per heavy atom. The van der Waals surface area contributed by atoms with E-state index in [1.165, 1.54) is 7.11 Å². The molecule has 0 bridgehead atoms. The summed E-state index contributed by atoms with van der Waals surface area (Å²) in [6.45, 7) is 6.14. The normalized spacial score (nSPS) is 19.7. The predicted octanol–water partition coefficient (Wildman–Crippen LogP) is 3.23. The van der Waals surface area contributed by atoms with E-state index in [0.29, 0.717) is 17.7 Å². The first-order valence-corrected chi connectivity index (χ1v) is 6.35. The molecule has 0 saturated heterocycles. The Hall–Kier alpha value is -1.35. The molecule has 1 aromatic rings. The van der Waals surface area contributed by atoms with Gasteiger partial charge in [0.1, 0.15) is 0 Å². The molecule has 1 aliphatic rings. The molecule has 0 spiro atoms. The van der Waals surface area contributed by atoms with Crippen LogP contribution in [0.3, 0.4) is 0 Å². The quantitative estimate of drug-likeness (QED) is 0.760. The molecular weight excluding hydrogens is 229 g/mol. The van der Waals surface area contributed by atoms with E-state index in [-0.39, 0.29) is 5.82 Å².